The van der Waals surface area contributed by atoms with Crippen molar-refractivity contribution in [2.45, 2.75) is 6.42 Å². The summed E-state index contributed by atoms with van der Waals surface area (Å²) in [5, 5.41) is 8.47. The van der Waals surface area contributed by atoms with Crippen LogP contribution in [0.2, 0.25) is 0 Å². The first kappa shape index (κ1) is 21.7. The van der Waals surface area contributed by atoms with Crippen LogP contribution in [-0.4, -0.2) is 32.5 Å². The minimum atomic E-state index is -0.135. The quantitative estimate of drug-likeness (QED) is 0.323. The van der Waals surface area contributed by atoms with E-state index in [-0.39, 0.29) is 23.8 Å². The molecule has 9 nitrogen and oxygen atoms in total. The van der Waals surface area contributed by atoms with Crippen LogP contribution in [0.3, 0.4) is 0 Å². The molecule has 0 aliphatic carbocycles. The Balaban J connectivity index is 1.87. The molecule has 9 heteroatoms. The topological polar surface area (TPSA) is 135 Å². The van der Waals surface area contributed by atoms with E-state index in [4.69, 9.17) is 15.9 Å². The number of rotatable bonds is 5. The lowest BCUT2D eigenvalue weighted by Gasteiger charge is -2.12. The van der Waals surface area contributed by atoms with Gasteiger partial charge in [0.25, 0.3) is 0 Å². The van der Waals surface area contributed by atoms with Crippen LogP contribution in [0.1, 0.15) is 5.69 Å². The minimum Gasteiger partial charge on any atom is -0.495 e. The highest BCUT2D eigenvalue weighted by molar-refractivity contribution is 5.84. The number of amidine groups is 1. The van der Waals surface area contributed by atoms with Gasteiger partial charge >= 0.3 is 0 Å². The molecule has 0 spiro atoms. The van der Waals surface area contributed by atoms with Crippen molar-refractivity contribution in [3.05, 3.63) is 88.5 Å². The zero-order chi connectivity index (χ0) is 23.4. The van der Waals surface area contributed by atoms with Crippen LogP contribution in [0.5, 0.6) is 5.75 Å². The van der Waals surface area contributed by atoms with Gasteiger partial charge in [-0.2, -0.15) is 0 Å². The highest BCUT2D eigenvalue weighted by Gasteiger charge is 2.15. The molecule has 3 aromatic heterocycles. The Morgan fingerprint density at radius 2 is 1.94 bits per heavy atom. The number of aromatic nitrogens is 4. The number of nitrogen functional groups attached to an aromatic ring is 1. The highest BCUT2D eigenvalue weighted by atomic mass is 16.5. The SMILES string of the molecule is COc1ccc(CC(=N)/N=c2\[nH]c(N)nc(-c3ccccc3)c2-c2ccc(=O)n(C)c2)nc1. The maximum atomic E-state index is 12.0. The van der Waals surface area contributed by atoms with Gasteiger partial charge in [-0.05, 0) is 18.2 Å². The molecule has 0 aliphatic heterocycles. The number of methoxy groups -OCH3 is 1. The molecule has 0 atom stereocenters. The molecular formula is C24H23N7O2. The average molecular weight is 441 g/mol. The number of pyridine rings is 2. The Bertz CT molecular complexity index is 1420. The summed E-state index contributed by atoms with van der Waals surface area (Å²) in [5.74, 6) is 0.887. The third-order valence-electron chi connectivity index (χ3n) is 5.00. The van der Waals surface area contributed by atoms with Gasteiger partial charge < -0.3 is 20.0 Å². The Morgan fingerprint density at radius 3 is 2.61 bits per heavy atom. The van der Waals surface area contributed by atoms with Crippen LogP contribution in [-0.2, 0) is 13.5 Å². The minimum absolute atomic E-state index is 0.0830. The number of H-pyrrole nitrogens is 1. The van der Waals surface area contributed by atoms with Gasteiger partial charge in [-0.3, -0.25) is 15.2 Å². The fraction of sp³-hybridized carbons (Fsp3) is 0.125. The first-order valence-electron chi connectivity index (χ1n) is 10.2. The number of aromatic amines is 1. The number of nitrogens with two attached hydrogens (primary N) is 1. The van der Waals surface area contributed by atoms with Crippen molar-refractivity contribution >= 4 is 11.8 Å². The fourth-order valence-corrected chi connectivity index (χ4v) is 3.39. The number of nitrogens with zero attached hydrogens (tertiary/aromatic N) is 4. The lowest BCUT2D eigenvalue weighted by atomic mass is 10.0. The first-order valence-corrected chi connectivity index (χ1v) is 10.2. The van der Waals surface area contributed by atoms with Crippen LogP contribution in [0.25, 0.3) is 22.4 Å². The van der Waals surface area contributed by atoms with Crippen LogP contribution >= 0.6 is 0 Å². The number of ether oxygens (including phenoxy) is 1. The lowest BCUT2D eigenvalue weighted by molar-refractivity contribution is 0.412. The number of aryl methyl sites for hydroxylation is 1. The van der Waals surface area contributed by atoms with Gasteiger partial charge in [-0.15, -0.1) is 0 Å². The Morgan fingerprint density at radius 1 is 1.15 bits per heavy atom. The van der Waals surface area contributed by atoms with Crippen molar-refractivity contribution in [3.63, 3.8) is 0 Å². The summed E-state index contributed by atoms with van der Waals surface area (Å²) >= 11 is 0. The smallest absolute Gasteiger partial charge is 0.250 e. The van der Waals surface area contributed by atoms with E-state index in [1.165, 1.54) is 10.6 Å². The van der Waals surface area contributed by atoms with Crippen molar-refractivity contribution < 1.29 is 4.74 Å². The standard InChI is InChI=1S/C24H23N7O2/c1-31-14-16(8-11-20(31)32)21-22(15-6-4-3-5-7-15)29-24(26)30-23(21)28-19(25)12-17-9-10-18(33-2)13-27-17/h3-11,13-14H,12H2,1-2H3,(H4,25,26,28,29,30). The Kier molecular flexibility index (Phi) is 6.12. The van der Waals surface area contributed by atoms with Crippen LogP contribution in [0.4, 0.5) is 5.95 Å². The summed E-state index contributed by atoms with van der Waals surface area (Å²) < 4.78 is 6.61. The zero-order valence-corrected chi connectivity index (χ0v) is 18.2. The Labute approximate surface area is 189 Å². The van der Waals surface area contributed by atoms with E-state index in [0.29, 0.717) is 33.8 Å². The summed E-state index contributed by atoms with van der Waals surface area (Å²) in [4.78, 5) is 28.3. The summed E-state index contributed by atoms with van der Waals surface area (Å²) in [7, 11) is 3.25. The predicted octanol–water partition coefficient (Wildman–Crippen LogP) is 2.55. The van der Waals surface area contributed by atoms with Crippen molar-refractivity contribution in [1.29, 1.82) is 5.41 Å². The van der Waals surface area contributed by atoms with Crippen LogP contribution in [0.15, 0.2) is 76.8 Å². The number of benzene rings is 1. The fourth-order valence-electron chi connectivity index (χ4n) is 3.39. The molecule has 4 aromatic rings. The lowest BCUT2D eigenvalue weighted by Crippen LogP contribution is -2.21. The average Bonchev–Trinajstić information content (AvgIpc) is 2.81. The summed E-state index contributed by atoms with van der Waals surface area (Å²) in [5.41, 5.74) is 9.78. The van der Waals surface area contributed by atoms with E-state index >= 15 is 0 Å². The molecule has 4 N–H and O–H groups in total. The zero-order valence-electron chi connectivity index (χ0n) is 18.2. The number of hydrogen-bond acceptors (Lipinski definition) is 6. The molecule has 3 heterocycles. The van der Waals surface area contributed by atoms with Gasteiger partial charge in [-0.1, -0.05) is 30.3 Å². The van der Waals surface area contributed by atoms with E-state index in [1.807, 2.05) is 30.3 Å². The highest BCUT2D eigenvalue weighted by Crippen LogP contribution is 2.27. The van der Waals surface area contributed by atoms with Crippen molar-refractivity contribution in [2.24, 2.45) is 12.0 Å². The molecule has 166 valence electrons. The molecule has 0 unspecified atom stereocenters. The van der Waals surface area contributed by atoms with Gasteiger partial charge in [0, 0.05) is 42.6 Å². The second kappa shape index (κ2) is 9.31. The van der Waals surface area contributed by atoms with Gasteiger partial charge in [-0.25, -0.2) is 9.98 Å². The van der Waals surface area contributed by atoms with Crippen LogP contribution < -0.4 is 21.5 Å². The number of hydrogen-bond donors (Lipinski definition) is 3. The monoisotopic (exact) mass is 441 g/mol. The summed E-state index contributed by atoms with van der Waals surface area (Å²) in [6.07, 6.45) is 3.53. The third kappa shape index (κ3) is 4.87. The van der Waals surface area contributed by atoms with E-state index in [9.17, 15) is 4.79 Å². The predicted molar refractivity (Wildman–Crippen MR) is 127 cm³/mol. The largest absolute Gasteiger partial charge is 0.495 e. The maximum absolute atomic E-state index is 12.0. The molecule has 0 saturated carbocycles. The second-order valence-corrected chi connectivity index (χ2v) is 7.35. The first-order chi connectivity index (χ1) is 15.9. The molecule has 0 radical (unpaired) electrons. The molecule has 1 aromatic carbocycles. The molecular weight excluding hydrogens is 418 g/mol. The summed E-state index contributed by atoms with van der Waals surface area (Å²) in [6.45, 7) is 0. The van der Waals surface area contributed by atoms with E-state index in [2.05, 4.69) is 19.9 Å². The number of anilines is 1. The Hall–Kier alpha value is -4.53. The molecule has 0 fully saturated rings. The van der Waals surface area contributed by atoms with Crippen LogP contribution in [0, 0.1) is 5.41 Å². The maximum Gasteiger partial charge on any atom is 0.250 e. The summed E-state index contributed by atoms with van der Waals surface area (Å²) in [6, 6.07) is 16.3. The molecule has 33 heavy (non-hydrogen) atoms. The van der Waals surface area contributed by atoms with E-state index in [1.54, 1.807) is 44.8 Å². The van der Waals surface area contributed by atoms with Gasteiger partial charge in [0.15, 0.2) is 5.95 Å². The molecule has 4 rings (SSSR count). The second-order valence-electron chi connectivity index (χ2n) is 7.35. The van der Waals surface area contributed by atoms with Gasteiger partial charge in [0.2, 0.25) is 5.56 Å². The molecule has 0 aliphatic rings. The third-order valence-corrected chi connectivity index (χ3v) is 5.00. The van der Waals surface area contributed by atoms with Crippen molar-refractivity contribution in [1.82, 2.24) is 19.5 Å². The normalized spacial score (nSPS) is 11.4. The van der Waals surface area contributed by atoms with Gasteiger partial charge in [0.05, 0.1) is 24.6 Å². The molecule has 0 amide bonds. The van der Waals surface area contributed by atoms with E-state index in [0.717, 1.165) is 5.56 Å². The van der Waals surface area contributed by atoms with Crippen molar-refractivity contribution in [2.75, 3.05) is 12.8 Å². The number of nitrogens with one attached hydrogen (secondary N) is 2. The van der Waals surface area contributed by atoms with Crippen molar-refractivity contribution in [3.8, 4) is 28.1 Å². The molecule has 0 bridgehead atoms. The van der Waals surface area contributed by atoms with Gasteiger partial charge in [0.1, 0.15) is 17.1 Å². The van der Waals surface area contributed by atoms with E-state index < -0.39 is 0 Å². The molecule has 0 saturated heterocycles.